The van der Waals surface area contributed by atoms with Crippen LogP contribution in [0.5, 0.6) is 0 Å². The van der Waals surface area contributed by atoms with Crippen LogP contribution in [0.2, 0.25) is 0 Å². The molecule has 0 bridgehead atoms. The maximum Gasteiger partial charge on any atom is 0.0998 e. The van der Waals surface area contributed by atoms with E-state index >= 15 is 0 Å². The van der Waals surface area contributed by atoms with Crippen molar-refractivity contribution in [2.45, 2.75) is 25.2 Å². The van der Waals surface area contributed by atoms with Crippen LogP contribution in [0.25, 0.3) is 11.1 Å². The van der Waals surface area contributed by atoms with Gasteiger partial charge in [0.05, 0.1) is 11.6 Å². The van der Waals surface area contributed by atoms with E-state index in [9.17, 15) is 5.26 Å². The molecule has 0 unspecified atom stereocenters. The van der Waals surface area contributed by atoms with E-state index in [1.165, 1.54) is 24.8 Å². The van der Waals surface area contributed by atoms with Crippen molar-refractivity contribution >= 4 is 5.69 Å². The molecule has 2 aromatic carbocycles. The molecule has 2 heteroatoms. The average Bonchev–Trinajstić information content (AvgIpc) is 2.37. The molecule has 1 aliphatic carbocycles. The molecule has 94 valence electrons. The van der Waals surface area contributed by atoms with Crippen LogP contribution in [0.1, 0.15) is 36.3 Å². The summed E-state index contributed by atoms with van der Waals surface area (Å²) in [6.45, 7) is 0. The van der Waals surface area contributed by atoms with Crippen LogP contribution in [0, 0.1) is 11.3 Å². The second kappa shape index (κ2) is 4.78. The van der Waals surface area contributed by atoms with Crippen LogP contribution in [-0.2, 0) is 0 Å². The molecule has 2 nitrogen and oxygen atoms in total. The van der Waals surface area contributed by atoms with E-state index in [1.807, 2.05) is 6.07 Å². The number of benzene rings is 2. The SMILES string of the molecule is N#Cc1ccc(N)cc1-c1cccc(C2CCC2)c1. The molecule has 3 rings (SSSR count). The highest BCUT2D eigenvalue weighted by Crippen LogP contribution is 2.38. The highest BCUT2D eigenvalue weighted by atomic mass is 14.5. The van der Waals surface area contributed by atoms with Crippen molar-refractivity contribution < 1.29 is 0 Å². The summed E-state index contributed by atoms with van der Waals surface area (Å²) in [6.07, 6.45) is 3.90. The number of nitrogens with two attached hydrogens (primary N) is 1. The molecule has 0 saturated heterocycles. The highest BCUT2D eigenvalue weighted by Gasteiger charge is 2.19. The van der Waals surface area contributed by atoms with Gasteiger partial charge in [0.25, 0.3) is 0 Å². The standard InChI is InChI=1S/C17H16N2/c18-11-15-7-8-16(19)10-17(15)14-6-2-5-13(9-14)12-3-1-4-12/h2,5-10,12H,1,3-4,19H2. The number of rotatable bonds is 2. The summed E-state index contributed by atoms with van der Waals surface area (Å²) in [5.74, 6) is 0.701. The molecule has 0 spiro atoms. The van der Waals surface area contributed by atoms with Gasteiger partial charge in [-0.05, 0) is 48.1 Å². The largest absolute Gasteiger partial charge is 0.399 e. The van der Waals surface area contributed by atoms with Gasteiger partial charge in [0.1, 0.15) is 0 Å². The van der Waals surface area contributed by atoms with Gasteiger partial charge >= 0.3 is 0 Å². The minimum absolute atomic E-state index is 0.681. The Balaban J connectivity index is 2.06. The summed E-state index contributed by atoms with van der Waals surface area (Å²) < 4.78 is 0. The van der Waals surface area contributed by atoms with Crippen molar-refractivity contribution in [2.75, 3.05) is 5.73 Å². The minimum atomic E-state index is 0.681. The molecule has 2 N–H and O–H groups in total. The predicted octanol–water partition coefficient (Wildman–Crippen LogP) is 4.07. The maximum absolute atomic E-state index is 9.22. The third-order valence-electron chi connectivity index (χ3n) is 3.94. The predicted molar refractivity (Wildman–Crippen MR) is 77.6 cm³/mol. The zero-order valence-electron chi connectivity index (χ0n) is 10.8. The lowest BCUT2D eigenvalue weighted by Gasteiger charge is -2.26. The monoisotopic (exact) mass is 248 g/mol. The molecule has 0 aliphatic heterocycles. The smallest absolute Gasteiger partial charge is 0.0998 e. The Labute approximate surface area is 113 Å². The lowest BCUT2D eigenvalue weighted by molar-refractivity contribution is 0.420. The lowest BCUT2D eigenvalue weighted by Crippen LogP contribution is -2.08. The Kier molecular flexibility index (Phi) is 2.97. The van der Waals surface area contributed by atoms with E-state index in [4.69, 9.17) is 5.73 Å². The van der Waals surface area contributed by atoms with Crippen molar-refractivity contribution in [3.05, 3.63) is 53.6 Å². The van der Waals surface area contributed by atoms with Gasteiger partial charge in [0.2, 0.25) is 0 Å². The van der Waals surface area contributed by atoms with E-state index in [-0.39, 0.29) is 0 Å². The van der Waals surface area contributed by atoms with Gasteiger partial charge in [-0.25, -0.2) is 0 Å². The van der Waals surface area contributed by atoms with Gasteiger partial charge in [-0.2, -0.15) is 5.26 Å². The number of anilines is 1. The minimum Gasteiger partial charge on any atom is -0.399 e. The van der Waals surface area contributed by atoms with Gasteiger partial charge in [0.15, 0.2) is 0 Å². The quantitative estimate of drug-likeness (QED) is 0.814. The highest BCUT2D eigenvalue weighted by molar-refractivity contribution is 5.74. The molecule has 1 fully saturated rings. The van der Waals surface area contributed by atoms with Crippen LogP contribution < -0.4 is 5.73 Å². The Morgan fingerprint density at radius 3 is 2.63 bits per heavy atom. The summed E-state index contributed by atoms with van der Waals surface area (Å²) in [5.41, 5.74) is 10.6. The van der Waals surface area contributed by atoms with Crippen LogP contribution in [0.15, 0.2) is 42.5 Å². The molecular formula is C17H16N2. The molecule has 19 heavy (non-hydrogen) atoms. The summed E-state index contributed by atoms with van der Waals surface area (Å²) in [5, 5.41) is 9.22. The summed E-state index contributed by atoms with van der Waals surface area (Å²) in [6, 6.07) is 16.2. The summed E-state index contributed by atoms with van der Waals surface area (Å²) >= 11 is 0. The first kappa shape index (κ1) is 11.8. The van der Waals surface area contributed by atoms with E-state index in [1.54, 1.807) is 12.1 Å². The van der Waals surface area contributed by atoms with Crippen molar-refractivity contribution in [2.24, 2.45) is 0 Å². The first-order valence-electron chi connectivity index (χ1n) is 6.68. The van der Waals surface area contributed by atoms with Crippen LogP contribution in [0.3, 0.4) is 0 Å². The first-order valence-corrected chi connectivity index (χ1v) is 6.68. The molecule has 0 radical (unpaired) electrons. The van der Waals surface area contributed by atoms with Crippen molar-refractivity contribution in [1.82, 2.24) is 0 Å². The lowest BCUT2D eigenvalue weighted by atomic mass is 9.79. The van der Waals surface area contributed by atoms with Crippen molar-refractivity contribution in [3.63, 3.8) is 0 Å². The fourth-order valence-corrected chi connectivity index (χ4v) is 2.60. The number of hydrogen-bond acceptors (Lipinski definition) is 2. The number of nitriles is 1. The van der Waals surface area contributed by atoms with Crippen LogP contribution in [-0.4, -0.2) is 0 Å². The normalized spacial score (nSPS) is 14.7. The molecule has 2 aromatic rings. The van der Waals surface area contributed by atoms with Crippen molar-refractivity contribution in [1.29, 1.82) is 5.26 Å². The molecule has 0 heterocycles. The van der Waals surface area contributed by atoms with E-state index in [0.717, 1.165) is 11.1 Å². The average molecular weight is 248 g/mol. The van der Waals surface area contributed by atoms with Gasteiger partial charge in [-0.3, -0.25) is 0 Å². The van der Waals surface area contributed by atoms with Gasteiger partial charge in [0, 0.05) is 11.3 Å². The number of nitrogens with zero attached hydrogens (tertiary/aromatic N) is 1. The molecule has 0 atom stereocenters. The van der Waals surface area contributed by atoms with E-state index in [0.29, 0.717) is 17.2 Å². The van der Waals surface area contributed by atoms with E-state index in [2.05, 4.69) is 30.3 Å². The number of hydrogen-bond donors (Lipinski definition) is 1. The topological polar surface area (TPSA) is 49.8 Å². The molecule has 1 saturated carbocycles. The van der Waals surface area contributed by atoms with Gasteiger partial charge < -0.3 is 5.73 Å². The second-order valence-electron chi connectivity index (χ2n) is 5.17. The Bertz CT molecular complexity index is 649. The third-order valence-corrected chi connectivity index (χ3v) is 3.94. The third kappa shape index (κ3) is 2.20. The fraction of sp³-hybridized carbons (Fsp3) is 0.235. The second-order valence-corrected chi connectivity index (χ2v) is 5.17. The summed E-state index contributed by atoms with van der Waals surface area (Å²) in [7, 11) is 0. The number of nitrogen functional groups attached to an aromatic ring is 1. The first-order chi connectivity index (χ1) is 9.28. The Morgan fingerprint density at radius 1 is 1.11 bits per heavy atom. The van der Waals surface area contributed by atoms with Gasteiger partial charge in [-0.15, -0.1) is 0 Å². The zero-order chi connectivity index (χ0) is 13.2. The van der Waals surface area contributed by atoms with Crippen LogP contribution >= 0.6 is 0 Å². The van der Waals surface area contributed by atoms with Crippen LogP contribution in [0.4, 0.5) is 5.69 Å². The Morgan fingerprint density at radius 2 is 1.95 bits per heavy atom. The van der Waals surface area contributed by atoms with E-state index < -0.39 is 0 Å². The molecular weight excluding hydrogens is 232 g/mol. The van der Waals surface area contributed by atoms with Crippen molar-refractivity contribution in [3.8, 4) is 17.2 Å². The Hall–Kier alpha value is -2.27. The molecule has 1 aliphatic rings. The molecule has 0 amide bonds. The maximum atomic E-state index is 9.22. The fourth-order valence-electron chi connectivity index (χ4n) is 2.60. The zero-order valence-corrected chi connectivity index (χ0v) is 10.8. The van der Waals surface area contributed by atoms with Gasteiger partial charge in [-0.1, -0.05) is 30.7 Å². The molecule has 0 aromatic heterocycles. The summed E-state index contributed by atoms with van der Waals surface area (Å²) in [4.78, 5) is 0.